The van der Waals surface area contributed by atoms with Gasteiger partial charge in [0.2, 0.25) is 0 Å². The molecule has 0 bridgehead atoms. The molecule has 1 spiro atoms. The molecule has 1 aliphatic carbocycles. The second-order valence-electron chi connectivity index (χ2n) is 6.52. The van der Waals surface area contributed by atoms with Gasteiger partial charge in [-0.05, 0) is 0 Å². The fraction of sp³-hybridized carbons (Fsp3) is 1.00. The van der Waals surface area contributed by atoms with Crippen molar-refractivity contribution in [3.05, 3.63) is 0 Å². The van der Waals surface area contributed by atoms with Gasteiger partial charge in [0, 0.05) is 0 Å². The first kappa shape index (κ1) is 15.1. The molecule has 1 saturated carbocycles. The van der Waals surface area contributed by atoms with Crippen LogP contribution in [0.4, 0.5) is 0 Å². The van der Waals surface area contributed by atoms with Crippen molar-refractivity contribution < 1.29 is 18.1 Å². The van der Waals surface area contributed by atoms with Crippen molar-refractivity contribution in [2.75, 3.05) is 0 Å². The molecule has 4 atom stereocenters. The van der Waals surface area contributed by atoms with E-state index in [-0.39, 0.29) is 24.4 Å². The van der Waals surface area contributed by atoms with E-state index in [0.29, 0.717) is 6.04 Å². The summed E-state index contributed by atoms with van der Waals surface area (Å²) in [5, 5.41) is 3.57. The van der Waals surface area contributed by atoms with Crippen molar-refractivity contribution in [2.45, 2.75) is 90.3 Å². The topological polar surface area (TPSA) is 49.0 Å². The quantitative estimate of drug-likeness (QED) is 0.789. The zero-order valence-electron chi connectivity index (χ0n) is 13.0. The van der Waals surface area contributed by atoms with E-state index < -0.39 is 7.66 Å². The molecule has 2 aliphatic heterocycles. The van der Waals surface area contributed by atoms with Crippen molar-refractivity contribution in [1.29, 1.82) is 0 Å². The van der Waals surface area contributed by atoms with E-state index in [1.165, 1.54) is 19.3 Å². The molecule has 0 aromatic rings. The van der Waals surface area contributed by atoms with Crippen molar-refractivity contribution in [2.24, 2.45) is 0 Å². The van der Waals surface area contributed by atoms with Crippen LogP contribution in [0.2, 0.25) is 0 Å². The summed E-state index contributed by atoms with van der Waals surface area (Å²) in [7, 11) is -3.60. The molecule has 3 fully saturated rings. The molecule has 118 valence electrons. The van der Waals surface area contributed by atoms with Gasteiger partial charge in [0.25, 0.3) is 0 Å². The van der Waals surface area contributed by atoms with Crippen LogP contribution in [0.5, 0.6) is 0 Å². The summed E-state index contributed by atoms with van der Waals surface area (Å²) in [5.74, 6) is 0. The van der Waals surface area contributed by atoms with E-state index in [1.54, 1.807) is 0 Å². The summed E-state index contributed by atoms with van der Waals surface area (Å²) in [5.41, 5.74) is 0. The molecule has 6 heteroatoms. The molecule has 2 heterocycles. The molecular weight excluding hydrogens is 277 g/mol. The average molecular weight is 305 g/mol. The van der Waals surface area contributed by atoms with Gasteiger partial charge in [0.1, 0.15) is 0 Å². The van der Waals surface area contributed by atoms with E-state index in [0.717, 1.165) is 12.8 Å². The predicted octanol–water partition coefficient (Wildman–Crippen LogP) is 3.68. The Bertz CT molecular complexity index is 323. The van der Waals surface area contributed by atoms with Crippen molar-refractivity contribution in [3.8, 4) is 0 Å². The van der Waals surface area contributed by atoms with E-state index >= 15 is 0 Å². The molecule has 0 aromatic heterocycles. The van der Waals surface area contributed by atoms with Crippen LogP contribution in [0.1, 0.15) is 59.8 Å². The Kier molecular flexibility index (Phi) is 3.90. The normalized spacial score (nSPS) is 46.3. The zero-order chi connectivity index (χ0) is 14.4. The van der Waals surface area contributed by atoms with Gasteiger partial charge >= 0.3 is 121 Å². The number of hydrogen-bond acceptors (Lipinski definition) is 5. The Morgan fingerprint density at radius 3 is 1.50 bits per heavy atom. The minimum absolute atomic E-state index is 0.0127. The fourth-order valence-corrected chi connectivity index (χ4v) is 7.67. The first-order valence-corrected chi connectivity index (χ1v) is 9.89. The molecule has 20 heavy (non-hydrogen) atoms. The second kappa shape index (κ2) is 5.15. The molecule has 5 nitrogen and oxygen atoms in total. The molecule has 1 N–H and O–H groups in total. The third-order valence-electron chi connectivity index (χ3n) is 4.71. The van der Waals surface area contributed by atoms with Crippen molar-refractivity contribution in [1.82, 2.24) is 5.09 Å². The summed E-state index contributed by atoms with van der Waals surface area (Å²) >= 11 is 0. The Labute approximate surface area is 122 Å². The van der Waals surface area contributed by atoms with Crippen LogP contribution in [-0.2, 0) is 18.1 Å². The maximum atomic E-state index is 6.21. The van der Waals surface area contributed by atoms with Crippen molar-refractivity contribution in [3.63, 3.8) is 0 Å². The number of nitrogens with one attached hydrogen (secondary N) is 1. The third-order valence-corrected chi connectivity index (χ3v) is 8.28. The molecule has 0 unspecified atom stereocenters. The Balaban J connectivity index is 1.85. The zero-order valence-corrected chi connectivity index (χ0v) is 13.9. The van der Waals surface area contributed by atoms with Gasteiger partial charge in [-0.3, -0.25) is 0 Å². The molecule has 2 saturated heterocycles. The Morgan fingerprint density at radius 1 is 0.700 bits per heavy atom. The van der Waals surface area contributed by atoms with Crippen LogP contribution >= 0.6 is 7.66 Å². The second-order valence-corrected chi connectivity index (χ2v) is 9.24. The minimum atomic E-state index is -3.60. The molecule has 0 amide bonds. The number of hydrogen-bond donors (Lipinski definition) is 1. The van der Waals surface area contributed by atoms with Crippen LogP contribution < -0.4 is 5.09 Å². The predicted molar refractivity (Wildman–Crippen MR) is 79.1 cm³/mol. The van der Waals surface area contributed by atoms with Crippen LogP contribution in [0, 0.1) is 0 Å². The van der Waals surface area contributed by atoms with E-state index in [9.17, 15) is 0 Å². The van der Waals surface area contributed by atoms with E-state index in [4.69, 9.17) is 18.1 Å². The molecule has 3 aliphatic rings. The van der Waals surface area contributed by atoms with Gasteiger partial charge in [-0.15, -0.1) is 0 Å². The van der Waals surface area contributed by atoms with E-state index in [1.807, 2.05) is 27.7 Å². The third kappa shape index (κ3) is 2.53. The molecular formula is C14H28NO4P. The van der Waals surface area contributed by atoms with Gasteiger partial charge < -0.3 is 0 Å². The average Bonchev–Trinajstić information content (AvgIpc) is 2.75. The summed E-state index contributed by atoms with van der Waals surface area (Å²) in [6.45, 7) is 8.09. The monoisotopic (exact) mass is 305 g/mol. The fourth-order valence-electron chi connectivity index (χ4n) is 3.29. The van der Waals surface area contributed by atoms with Crippen LogP contribution in [0.15, 0.2) is 0 Å². The van der Waals surface area contributed by atoms with E-state index in [2.05, 4.69) is 5.09 Å². The summed E-state index contributed by atoms with van der Waals surface area (Å²) in [6, 6.07) is 0.372. The molecule has 3 rings (SSSR count). The SMILES string of the molecule is C[C@@H]1OP2(NC3CCCCC3)(O[C@H]1C)O[C@H](C)[C@@H](C)O2. The Morgan fingerprint density at radius 2 is 1.10 bits per heavy atom. The molecule has 0 radical (unpaired) electrons. The molecule has 0 aromatic carbocycles. The summed E-state index contributed by atoms with van der Waals surface area (Å²) < 4.78 is 24.8. The van der Waals surface area contributed by atoms with Crippen LogP contribution in [-0.4, -0.2) is 30.5 Å². The Hall–Kier alpha value is 0.230. The van der Waals surface area contributed by atoms with Gasteiger partial charge in [-0.2, -0.15) is 0 Å². The first-order chi connectivity index (χ1) is 9.41. The number of rotatable bonds is 2. The van der Waals surface area contributed by atoms with Crippen LogP contribution in [0.25, 0.3) is 0 Å². The van der Waals surface area contributed by atoms with Gasteiger partial charge in [0.05, 0.1) is 0 Å². The maximum absolute atomic E-state index is 6.21. The van der Waals surface area contributed by atoms with Crippen LogP contribution in [0.3, 0.4) is 0 Å². The van der Waals surface area contributed by atoms with Gasteiger partial charge in [-0.1, -0.05) is 0 Å². The van der Waals surface area contributed by atoms with Crippen molar-refractivity contribution >= 4 is 7.66 Å². The summed E-state index contributed by atoms with van der Waals surface area (Å²) in [4.78, 5) is 0. The summed E-state index contributed by atoms with van der Waals surface area (Å²) in [6.07, 6.45) is 6.05. The van der Waals surface area contributed by atoms with Gasteiger partial charge in [-0.25, -0.2) is 0 Å². The standard InChI is InChI=1S/C14H28NO4P/c1-10-11(2)17-20(16-10,18-12(3)13(4)19-20)15-14-8-6-5-7-9-14/h10-15H,5-9H2,1-4H3/t10-,11-,12+,13+. The van der Waals surface area contributed by atoms with Gasteiger partial charge in [0.15, 0.2) is 0 Å². The first-order valence-electron chi connectivity index (χ1n) is 7.98.